The Bertz CT molecular complexity index is 1290. The molecule has 0 bridgehead atoms. The Morgan fingerprint density at radius 2 is 1.93 bits per heavy atom. The van der Waals surface area contributed by atoms with E-state index in [0.717, 1.165) is 40.4 Å². The Balaban J connectivity index is 1.46. The van der Waals surface area contributed by atoms with Crippen LogP contribution in [0.1, 0.15) is 18.4 Å². The number of hydrogen-bond acceptors (Lipinski definition) is 5. The Kier molecular flexibility index (Phi) is 4.45. The fraction of sp³-hybridized carbons (Fsp3) is 0.273. The van der Waals surface area contributed by atoms with E-state index < -0.39 is 15.8 Å². The van der Waals surface area contributed by atoms with Gasteiger partial charge in [-0.3, -0.25) is 4.98 Å². The van der Waals surface area contributed by atoms with E-state index in [2.05, 4.69) is 10.3 Å². The zero-order valence-corrected chi connectivity index (χ0v) is 16.9. The van der Waals surface area contributed by atoms with Gasteiger partial charge in [0.2, 0.25) is 10.0 Å². The summed E-state index contributed by atoms with van der Waals surface area (Å²) in [6.45, 7) is 0.889. The van der Waals surface area contributed by atoms with Crippen LogP contribution >= 0.6 is 0 Å². The normalized spacial score (nSPS) is 17.5. The van der Waals surface area contributed by atoms with Crippen LogP contribution in [0.4, 0.5) is 10.1 Å². The Morgan fingerprint density at radius 3 is 2.67 bits per heavy atom. The maximum Gasteiger partial charge on any atom is 0.217 e. The fourth-order valence-corrected chi connectivity index (χ4v) is 5.74. The number of pyridine rings is 1. The van der Waals surface area contributed by atoms with Crippen molar-refractivity contribution in [3.8, 4) is 17.2 Å². The van der Waals surface area contributed by atoms with Gasteiger partial charge in [-0.15, -0.1) is 0 Å². The van der Waals surface area contributed by atoms with Gasteiger partial charge in [0, 0.05) is 36.6 Å². The van der Waals surface area contributed by atoms with Crippen molar-refractivity contribution in [1.82, 2.24) is 9.29 Å². The van der Waals surface area contributed by atoms with E-state index in [9.17, 15) is 12.8 Å². The number of rotatable bonds is 5. The number of nitrogens with zero attached hydrogens (tertiary/aromatic N) is 3. The van der Waals surface area contributed by atoms with Crippen LogP contribution in [0.2, 0.25) is 0 Å². The highest BCUT2D eigenvalue weighted by molar-refractivity contribution is 7.90. The average molecular weight is 422 g/mol. The van der Waals surface area contributed by atoms with Crippen LogP contribution in [0.3, 0.4) is 0 Å². The number of hydrogen-bond donors (Lipinski definition) is 1. The molecule has 2 aliphatic rings. The van der Waals surface area contributed by atoms with E-state index in [1.807, 2.05) is 24.3 Å². The number of anilines is 1. The van der Waals surface area contributed by atoms with Crippen molar-refractivity contribution in [3.63, 3.8) is 0 Å². The lowest BCUT2D eigenvalue weighted by Gasteiger charge is -2.39. The summed E-state index contributed by atoms with van der Waals surface area (Å²) in [6.07, 6.45) is 4.99. The quantitative estimate of drug-likeness (QED) is 0.680. The molecule has 30 heavy (non-hydrogen) atoms. The highest BCUT2D eigenvalue weighted by Crippen LogP contribution is 2.35. The summed E-state index contributed by atoms with van der Waals surface area (Å²) < 4.78 is 40.0. The van der Waals surface area contributed by atoms with E-state index >= 15 is 0 Å². The van der Waals surface area contributed by atoms with Crippen molar-refractivity contribution >= 4 is 26.5 Å². The van der Waals surface area contributed by atoms with E-state index in [1.165, 1.54) is 12.1 Å². The minimum absolute atomic E-state index is 0.00301. The van der Waals surface area contributed by atoms with Gasteiger partial charge >= 0.3 is 0 Å². The third-order valence-corrected chi connectivity index (χ3v) is 8.02. The van der Waals surface area contributed by atoms with Crippen LogP contribution in [-0.2, 0) is 10.0 Å². The molecule has 0 unspecified atom stereocenters. The van der Waals surface area contributed by atoms with Gasteiger partial charge in [-0.1, -0.05) is 6.07 Å². The Morgan fingerprint density at radius 1 is 1.13 bits per heavy atom. The average Bonchev–Trinajstić information content (AvgIpc) is 3.56. The fourth-order valence-electron chi connectivity index (χ4n) is 3.81. The van der Waals surface area contributed by atoms with Crippen molar-refractivity contribution < 1.29 is 12.8 Å². The van der Waals surface area contributed by atoms with Gasteiger partial charge in [0.1, 0.15) is 11.9 Å². The molecule has 152 valence electrons. The van der Waals surface area contributed by atoms with Gasteiger partial charge in [-0.25, -0.2) is 12.8 Å². The topological polar surface area (TPSA) is 86.1 Å². The maximum absolute atomic E-state index is 13.7. The molecule has 2 heterocycles. The maximum atomic E-state index is 13.7. The predicted molar refractivity (Wildman–Crippen MR) is 113 cm³/mol. The van der Waals surface area contributed by atoms with Crippen molar-refractivity contribution in [2.24, 2.45) is 0 Å². The molecule has 2 fully saturated rings. The van der Waals surface area contributed by atoms with Gasteiger partial charge in [0.25, 0.3) is 0 Å². The number of benzene rings is 2. The smallest absolute Gasteiger partial charge is 0.217 e. The summed E-state index contributed by atoms with van der Waals surface area (Å²) in [4.78, 5) is 4.21. The molecule has 1 aliphatic carbocycles. The molecule has 0 spiro atoms. The lowest BCUT2D eigenvalue weighted by molar-refractivity contribution is 0.280. The lowest BCUT2D eigenvalue weighted by Crippen LogP contribution is -2.57. The third-order valence-electron chi connectivity index (χ3n) is 5.69. The summed E-state index contributed by atoms with van der Waals surface area (Å²) in [5.74, 6) is -0.545. The summed E-state index contributed by atoms with van der Waals surface area (Å²) >= 11 is 0. The molecule has 6 nitrogen and oxygen atoms in total. The summed E-state index contributed by atoms with van der Waals surface area (Å²) in [6, 6.07) is 12.2. The summed E-state index contributed by atoms with van der Waals surface area (Å²) in [5.41, 5.74) is 2.42. The molecular formula is C22H19FN4O2S. The third kappa shape index (κ3) is 3.30. The van der Waals surface area contributed by atoms with Gasteiger partial charge in [0.15, 0.2) is 0 Å². The van der Waals surface area contributed by atoms with Gasteiger partial charge < -0.3 is 5.32 Å². The second-order valence-electron chi connectivity index (χ2n) is 7.83. The zero-order valence-electron chi connectivity index (χ0n) is 16.0. The zero-order chi connectivity index (χ0) is 20.9. The Hall–Kier alpha value is -3.02. The summed E-state index contributed by atoms with van der Waals surface area (Å²) in [5, 5.41) is 14.3. The molecule has 8 heteroatoms. The lowest BCUT2D eigenvalue weighted by atomic mass is 9.98. The molecule has 2 aromatic carbocycles. The van der Waals surface area contributed by atoms with Crippen LogP contribution in [0.25, 0.3) is 21.9 Å². The molecule has 5 rings (SSSR count). The first kappa shape index (κ1) is 19.0. The monoisotopic (exact) mass is 422 g/mol. The van der Waals surface area contributed by atoms with Crippen molar-refractivity contribution in [3.05, 3.63) is 60.2 Å². The van der Waals surface area contributed by atoms with Crippen molar-refractivity contribution in [2.45, 2.75) is 24.1 Å². The molecule has 3 aromatic rings. The molecule has 1 saturated heterocycles. The van der Waals surface area contributed by atoms with Gasteiger partial charge in [0.05, 0.1) is 16.9 Å². The molecular weight excluding hydrogens is 403 g/mol. The first-order valence-corrected chi connectivity index (χ1v) is 11.3. The van der Waals surface area contributed by atoms with Crippen LogP contribution < -0.4 is 5.32 Å². The van der Waals surface area contributed by atoms with Gasteiger partial charge in [-0.2, -0.15) is 9.57 Å². The molecule has 1 N–H and O–H groups in total. The molecule has 0 atom stereocenters. The molecule has 1 aliphatic heterocycles. The second-order valence-corrected chi connectivity index (χ2v) is 10.0. The second kappa shape index (κ2) is 7.04. The summed E-state index contributed by atoms with van der Waals surface area (Å²) in [7, 11) is -3.14. The van der Waals surface area contributed by atoms with E-state index in [1.54, 1.807) is 22.8 Å². The highest BCUT2D eigenvalue weighted by atomic mass is 32.2. The minimum atomic E-state index is -3.14. The van der Waals surface area contributed by atoms with E-state index in [-0.39, 0.29) is 16.9 Å². The van der Waals surface area contributed by atoms with Crippen LogP contribution in [-0.4, -0.2) is 42.1 Å². The van der Waals surface area contributed by atoms with Crippen molar-refractivity contribution in [2.75, 3.05) is 18.4 Å². The van der Waals surface area contributed by atoms with E-state index in [4.69, 9.17) is 5.26 Å². The largest absolute Gasteiger partial charge is 0.379 e. The van der Waals surface area contributed by atoms with Crippen LogP contribution in [0, 0.1) is 17.1 Å². The number of nitrogens with one attached hydrogen (secondary N) is 1. The van der Waals surface area contributed by atoms with Gasteiger partial charge in [-0.05, 0) is 59.7 Å². The van der Waals surface area contributed by atoms with Crippen LogP contribution in [0.15, 0.2) is 48.8 Å². The number of nitriles is 1. The number of aromatic nitrogens is 1. The molecule has 1 aromatic heterocycles. The standard InChI is InChI=1S/C22H19FN4O2S/c23-21-4-1-14(7-17(21)10-24)16-8-15-5-6-25-11-20(15)22(9-16)26-18-12-27(13-18)30(28,29)19-2-3-19/h1,4-9,11,18-19,26H,2-3,12-13H2. The van der Waals surface area contributed by atoms with Crippen LogP contribution in [0.5, 0.6) is 0 Å². The SMILES string of the molecule is N#Cc1cc(-c2cc(NC3CN(S(=O)(=O)C4CC4)C3)c3cnccc3c2)ccc1F. The first-order valence-electron chi connectivity index (χ1n) is 9.79. The first-order chi connectivity index (χ1) is 14.5. The van der Waals surface area contributed by atoms with E-state index in [0.29, 0.717) is 13.1 Å². The minimum Gasteiger partial charge on any atom is -0.379 e. The number of sulfonamides is 1. The Labute approximate surface area is 174 Å². The number of halogens is 1. The number of fused-ring (bicyclic) bond motifs is 1. The molecule has 0 radical (unpaired) electrons. The van der Waals surface area contributed by atoms with Crippen molar-refractivity contribution in [1.29, 1.82) is 5.26 Å². The molecule has 0 amide bonds. The predicted octanol–water partition coefficient (Wildman–Crippen LogP) is 3.50. The highest BCUT2D eigenvalue weighted by Gasteiger charge is 2.45. The molecule has 1 saturated carbocycles.